The van der Waals surface area contributed by atoms with E-state index in [4.69, 9.17) is 0 Å². The fourth-order valence-electron chi connectivity index (χ4n) is 3.59. The van der Waals surface area contributed by atoms with Gasteiger partial charge in [-0.1, -0.05) is 24.3 Å². The maximum Gasteiger partial charge on any atom is 0.240 e. The average molecular weight is 382 g/mol. The van der Waals surface area contributed by atoms with Crippen LogP contribution in [0.4, 0.5) is 5.69 Å². The molecule has 2 aromatic carbocycles. The Morgan fingerprint density at radius 2 is 2.00 bits per heavy atom. The Morgan fingerprint density at radius 1 is 1.19 bits per heavy atom. The number of aromatic nitrogens is 2. The van der Waals surface area contributed by atoms with Crippen LogP contribution in [-0.2, 0) is 23.5 Å². The van der Waals surface area contributed by atoms with Gasteiger partial charge in [0.25, 0.3) is 0 Å². The Labute approximate surface area is 159 Å². The standard InChI is InChI=1S/C20H22N4O2S/c1-21-27(25,26)15-8-10-19(17(11-15)20-12-24(2)13-22-20)23-18-9-7-14-5-3-4-6-16(14)18/h3-6,8,10-13,18,21,23H,7,9H2,1-2H3/t18-/m0/s1. The molecule has 1 heterocycles. The van der Waals surface area contributed by atoms with Crippen molar-refractivity contribution in [2.45, 2.75) is 23.8 Å². The van der Waals surface area contributed by atoms with Gasteiger partial charge in [0, 0.05) is 24.5 Å². The van der Waals surface area contributed by atoms with E-state index < -0.39 is 10.0 Å². The third kappa shape index (κ3) is 3.36. The van der Waals surface area contributed by atoms with Gasteiger partial charge in [0.2, 0.25) is 10.0 Å². The van der Waals surface area contributed by atoms with Crippen molar-refractivity contribution in [3.05, 3.63) is 66.1 Å². The minimum Gasteiger partial charge on any atom is -0.378 e. The molecule has 7 heteroatoms. The maximum atomic E-state index is 12.3. The third-order valence-corrected chi connectivity index (χ3v) is 6.43. The van der Waals surface area contributed by atoms with Crippen molar-refractivity contribution >= 4 is 15.7 Å². The molecule has 6 nitrogen and oxygen atoms in total. The predicted octanol–water partition coefficient (Wildman–Crippen LogP) is 3.09. The van der Waals surface area contributed by atoms with E-state index >= 15 is 0 Å². The summed E-state index contributed by atoms with van der Waals surface area (Å²) in [7, 11) is -0.219. The van der Waals surface area contributed by atoms with Crippen molar-refractivity contribution in [1.82, 2.24) is 14.3 Å². The molecule has 0 amide bonds. The van der Waals surface area contributed by atoms with Crippen LogP contribution in [0.25, 0.3) is 11.3 Å². The summed E-state index contributed by atoms with van der Waals surface area (Å²) in [5.41, 5.74) is 5.06. The number of aryl methyl sites for hydroxylation is 2. The molecule has 27 heavy (non-hydrogen) atoms. The first-order valence-corrected chi connectivity index (χ1v) is 10.4. The summed E-state index contributed by atoms with van der Waals surface area (Å²) < 4.78 is 28.7. The lowest BCUT2D eigenvalue weighted by atomic mass is 10.1. The van der Waals surface area contributed by atoms with E-state index in [9.17, 15) is 8.42 Å². The van der Waals surface area contributed by atoms with E-state index in [1.54, 1.807) is 18.5 Å². The normalized spacial score (nSPS) is 16.3. The first-order chi connectivity index (χ1) is 13.0. The SMILES string of the molecule is CNS(=O)(=O)c1ccc(N[C@H]2CCc3ccccc32)c(-c2cn(C)cn2)c1. The van der Waals surface area contributed by atoms with Crippen molar-refractivity contribution < 1.29 is 8.42 Å². The Kier molecular flexibility index (Phi) is 4.49. The molecule has 0 spiro atoms. The molecule has 0 unspecified atom stereocenters. The van der Waals surface area contributed by atoms with E-state index in [0.717, 1.165) is 29.8 Å². The van der Waals surface area contributed by atoms with Gasteiger partial charge in [-0.2, -0.15) is 0 Å². The number of anilines is 1. The summed E-state index contributed by atoms with van der Waals surface area (Å²) in [6.45, 7) is 0. The molecule has 4 rings (SSSR count). The van der Waals surface area contributed by atoms with E-state index in [2.05, 4.69) is 39.3 Å². The molecule has 3 aromatic rings. The van der Waals surface area contributed by atoms with Crippen LogP contribution in [0.3, 0.4) is 0 Å². The van der Waals surface area contributed by atoms with Gasteiger partial charge in [-0.15, -0.1) is 0 Å². The van der Waals surface area contributed by atoms with Crippen molar-refractivity contribution in [1.29, 1.82) is 0 Å². The van der Waals surface area contributed by atoms with Crippen LogP contribution < -0.4 is 10.0 Å². The van der Waals surface area contributed by atoms with Crippen LogP contribution in [0.1, 0.15) is 23.6 Å². The fourth-order valence-corrected chi connectivity index (χ4v) is 4.35. The summed E-state index contributed by atoms with van der Waals surface area (Å²) >= 11 is 0. The topological polar surface area (TPSA) is 76.0 Å². The minimum absolute atomic E-state index is 0.204. The number of hydrogen-bond acceptors (Lipinski definition) is 4. The summed E-state index contributed by atoms with van der Waals surface area (Å²) in [5, 5.41) is 3.61. The molecule has 0 aliphatic heterocycles. The van der Waals surface area contributed by atoms with Crippen LogP contribution in [0, 0.1) is 0 Å². The highest BCUT2D eigenvalue weighted by Crippen LogP contribution is 2.37. The summed E-state index contributed by atoms with van der Waals surface area (Å²) in [4.78, 5) is 4.65. The van der Waals surface area contributed by atoms with E-state index in [-0.39, 0.29) is 10.9 Å². The lowest BCUT2D eigenvalue weighted by Crippen LogP contribution is -2.18. The fraction of sp³-hybridized carbons (Fsp3) is 0.250. The number of benzene rings is 2. The Hall–Kier alpha value is -2.64. The van der Waals surface area contributed by atoms with E-state index in [1.807, 2.05) is 23.9 Å². The van der Waals surface area contributed by atoms with Gasteiger partial charge in [-0.05, 0) is 49.2 Å². The second-order valence-electron chi connectivity index (χ2n) is 6.77. The second kappa shape index (κ2) is 6.83. The molecule has 0 saturated heterocycles. The Morgan fingerprint density at radius 3 is 2.74 bits per heavy atom. The van der Waals surface area contributed by atoms with E-state index in [1.165, 1.54) is 18.2 Å². The number of sulfonamides is 1. The zero-order valence-electron chi connectivity index (χ0n) is 15.3. The Balaban J connectivity index is 1.76. The van der Waals surface area contributed by atoms with Gasteiger partial charge < -0.3 is 9.88 Å². The van der Waals surface area contributed by atoms with Crippen molar-refractivity contribution in [2.24, 2.45) is 7.05 Å². The number of hydrogen-bond donors (Lipinski definition) is 2. The molecule has 1 aliphatic carbocycles. The highest BCUT2D eigenvalue weighted by molar-refractivity contribution is 7.89. The minimum atomic E-state index is -3.53. The summed E-state index contributed by atoms with van der Waals surface area (Å²) in [6.07, 6.45) is 5.65. The number of rotatable bonds is 5. The molecule has 0 bridgehead atoms. The van der Waals surface area contributed by atoms with Crippen LogP contribution >= 0.6 is 0 Å². The number of fused-ring (bicyclic) bond motifs is 1. The monoisotopic (exact) mass is 382 g/mol. The quantitative estimate of drug-likeness (QED) is 0.711. The van der Waals surface area contributed by atoms with Gasteiger partial charge in [0.1, 0.15) is 0 Å². The molecular weight excluding hydrogens is 360 g/mol. The predicted molar refractivity (Wildman–Crippen MR) is 106 cm³/mol. The molecule has 1 atom stereocenters. The lowest BCUT2D eigenvalue weighted by Gasteiger charge is -2.19. The average Bonchev–Trinajstić information content (AvgIpc) is 3.28. The molecule has 1 aromatic heterocycles. The molecule has 0 fully saturated rings. The molecular formula is C20H22N4O2S. The number of nitrogens with zero attached hydrogens (tertiary/aromatic N) is 2. The smallest absolute Gasteiger partial charge is 0.240 e. The first kappa shape index (κ1) is 17.8. The van der Waals surface area contributed by atoms with E-state index in [0.29, 0.717) is 0 Å². The van der Waals surface area contributed by atoms with Crippen LogP contribution in [-0.4, -0.2) is 25.0 Å². The lowest BCUT2D eigenvalue weighted by molar-refractivity contribution is 0.588. The van der Waals surface area contributed by atoms with Gasteiger partial charge in [-0.3, -0.25) is 0 Å². The van der Waals surface area contributed by atoms with Crippen molar-refractivity contribution in [2.75, 3.05) is 12.4 Å². The highest BCUT2D eigenvalue weighted by Gasteiger charge is 2.24. The second-order valence-corrected chi connectivity index (χ2v) is 8.66. The number of nitrogens with one attached hydrogen (secondary N) is 2. The zero-order valence-corrected chi connectivity index (χ0v) is 16.1. The molecule has 140 valence electrons. The van der Waals surface area contributed by atoms with Crippen molar-refractivity contribution in [3.63, 3.8) is 0 Å². The molecule has 1 aliphatic rings. The largest absolute Gasteiger partial charge is 0.378 e. The van der Waals surface area contributed by atoms with Gasteiger partial charge in [0.05, 0.1) is 23.0 Å². The zero-order chi connectivity index (χ0) is 19.0. The highest BCUT2D eigenvalue weighted by atomic mass is 32.2. The van der Waals surface area contributed by atoms with Crippen LogP contribution in [0.5, 0.6) is 0 Å². The summed E-state index contributed by atoms with van der Waals surface area (Å²) in [6, 6.07) is 13.8. The maximum absolute atomic E-state index is 12.3. The number of imidazole rings is 1. The van der Waals surface area contributed by atoms with Gasteiger partial charge in [-0.25, -0.2) is 18.1 Å². The Bertz CT molecular complexity index is 1090. The third-order valence-electron chi connectivity index (χ3n) is 5.01. The van der Waals surface area contributed by atoms with Crippen molar-refractivity contribution in [3.8, 4) is 11.3 Å². The van der Waals surface area contributed by atoms with Gasteiger partial charge in [0.15, 0.2) is 0 Å². The van der Waals surface area contributed by atoms with Gasteiger partial charge >= 0.3 is 0 Å². The summed E-state index contributed by atoms with van der Waals surface area (Å²) in [5.74, 6) is 0. The molecule has 0 saturated carbocycles. The molecule has 0 radical (unpaired) electrons. The van der Waals surface area contributed by atoms with Crippen LogP contribution in [0.15, 0.2) is 59.9 Å². The van der Waals surface area contributed by atoms with Crippen LogP contribution in [0.2, 0.25) is 0 Å². The molecule has 2 N–H and O–H groups in total. The first-order valence-electron chi connectivity index (χ1n) is 8.88.